The Labute approximate surface area is 178 Å². The highest BCUT2D eigenvalue weighted by Crippen LogP contribution is 2.25. The topological polar surface area (TPSA) is 92.8 Å². The van der Waals surface area contributed by atoms with E-state index < -0.39 is 27.9 Å². The maximum atomic E-state index is 13.0. The maximum Gasteiger partial charge on any atom is 0.338 e. The monoisotopic (exact) mass is 432 g/mol. The number of aryl methyl sites for hydroxylation is 2. The second-order valence-electron chi connectivity index (χ2n) is 7.06. The summed E-state index contributed by atoms with van der Waals surface area (Å²) < 4.78 is 31.2. The molecule has 30 heavy (non-hydrogen) atoms. The van der Waals surface area contributed by atoms with Crippen molar-refractivity contribution < 1.29 is 22.7 Å². The first kappa shape index (κ1) is 23.4. The lowest BCUT2D eigenvalue weighted by molar-refractivity contribution is -0.117. The molecule has 0 aliphatic carbocycles. The number of carbonyl (C=O) groups excluding carboxylic acids is 2. The van der Waals surface area contributed by atoms with Crippen LogP contribution in [0.3, 0.4) is 0 Å². The fourth-order valence-electron chi connectivity index (χ4n) is 3.11. The van der Waals surface area contributed by atoms with E-state index in [1.807, 2.05) is 6.92 Å². The molecule has 0 aliphatic rings. The molecule has 0 heterocycles. The van der Waals surface area contributed by atoms with Gasteiger partial charge in [-0.1, -0.05) is 24.6 Å². The van der Waals surface area contributed by atoms with E-state index in [4.69, 9.17) is 4.74 Å². The molecule has 2 aromatic rings. The van der Waals surface area contributed by atoms with Crippen molar-refractivity contribution >= 4 is 33.3 Å². The highest BCUT2D eigenvalue weighted by molar-refractivity contribution is 7.92. The number of esters is 1. The summed E-state index contributed by atoms with van der Waals surface area (Å²) >= 11 is 0. The fraction of sp³-hybridized carbons (Fsp3) is 0.364. The Morgan fingerprint density at radius 3 is 2.20 bits per heavy atom. The molecule has 0 aromatic heterocycles. The standard InChI is InChI=1S/C22H28N2O5S/c1-6-20(24(30(5,27)28)18-11-8-15(3)9-12-18)21(25)23-19-13-10-17(14-16(19)4)22(26)29-7-2/h8-14,20H,6-7H2,1-5H3,(H,23,25). The number of hydrogen-bond donors (Lipinski definition) is 1. The van der Waals surface area contributed by atoms with Gasteiger partial charge in [-0.15, -0.1) is 0 Å². The van der Waals surface area contributed by atoms with E-state index in [1.165, 1.54) is 0 Å². The highest BCUT2D eigenvalue weighted by atomic mass is 32.2. The molecule has 1 N–H and O–H groups in total. The number of benzene rings is 2. The second kappa shape index (κ2) is 9.75. The summed E-state index contributed by atoms with van der Waals surface area (Å²) in [5.74, 6) is -0.886. The Bertz CT molecular complexity index is 1020. The van der Waals surface area contributed by atoms with Crippen molar-refractivity contribution in [1.29, 1.82) is 0 Å². The SMILES string of the molecule is CCOC(=O)c1ccc(NC(=O)C(CC)N(c2ccc(C)cc2)S(C)(=O)=O)c(C)c1. The Kier molecular flexibility index (Phi) is 7.61. The summed E-state index contributed by atoms with van der Waals surface area (Å²) in [6.07, 6.45) is 1.37. The summed E-state index contributed by atoms with van der Waals surface area (Å²) in [4.78, 5) is 24.9. The number of amides is 1. The van der Waals surface area contributed by atoms with Gasteiger partial charge in [-0.3, -0.25) is 9.10 Å². The average molecular weight is 433 g/mol. The van der Waals surface area contributed by atoms with Crippen molar-refractivity contribution in [1.82, 2.24) is 0 Å². The highest BCUT2D eigenvalue weighted by Gasteiger charge is 2.31. The number of sulfonamides is 1. The third kappa shape index (κ3) is 5.60. The fourth-order valence-corrected chi connectivity index (χ4v) is 4.33. The third-order valence-corrected chi connectivity index (χ3v) is 5.79. The number of rotatable bonds is 8. The van der Waals surface area contributed by atoms with Gasteiger partial charge < -0.3 is 10.1 Å². The van der Waals surface area contributed by atoms with Crippen LogP contribution in [0.2, 0.25) is 0 Å². The van der Waals surface area contributed by atoms with Crippen LogP contribution in [0.5, 0.6) is 0 Å². The number of anilines is 2. The first-order valence-electron chi connectivity index (χ1n) is 9.73. The molecule has 2 rings (SSSR count). The van der Waals surface area contributed by atoms with Gasteiger partial charge >= 0.3 is 5.97 Å². The number of nitrogens with zero attached hydrogens (tertiary/aromatic N) is 1. The van der Waals surface area contributed by atoms with Crippen LogP contribution in [0.25, 0.3) is 0 Å². The zero-order valence-electron chi connectivity index (χ0n) is 17.9. The molecule has 0 saturated carbocycles. The summed E-state index contributed by atoms with van der Waals surface area (Å²) in [6, 6.07) is 10.9. The molecular formula is C22H28N2O5S. The quantitative estimate of drug-likeness (QED) is 0.643. The second-order valence-corrected chi connectivity index (χ2v) is 8.92. The van der Waals surface area contributed by atoms with E-state index in [0.29, 0.717) is 22.5 Å². The summed E-state index contributed by atoms with van der Waals surface area (Å²) in [6.45, 7) is 7.42. The Morgan fingerprint density at radius 2 is 1.70 bits per heavy atom. The van der Waals surface area contributed by atoms with Gasteiger partial charge in [-0.2, -0.15) is 0 Å². The van der Waals surface area contributed by atoms with Gasteiger partial charge in [0, 0.05) is 5.69 Å². The largest absolute Gasteiger partial charge is 0.462 e. The molecule has 162 valence electrons. The minimum atomic E-state index is -3.70. The maximum absolute atomic E-state index is 13.0. The first-order valence-corrected chi connectivity index (χ1v) is 11.6. The molecule has 0 aliphatic heterocycles. The number of nitrogens with one attached hydrogen (secondary N) is 1. The lowest BCUT2D eigenvalue weighted by Crippen LogP contribution is -2.47. The lowest BCUT2D eigenvalue weighted by atomic mass is 10.1. The van der Waals surface area contributed by atoms with Crippen LogP contribution in [-0.4, -0.2) is 39.2 Å². The molecule has 0 bridgehead atoms. The zero-order valence-corrected chi connectivity index (χ0v) is 18.7. The predicted molar refractivity (Wildman–Crippen MR) is 118 cm³/mol. The van der Waals surface area contributed by atoms with E-state index >= 15 is 0 Å². The van der Waals surface area contributed by atoms with E-state index in [2.05, 4.69) is 5.32 Å². The van der Waals surface area contributed by atoms with Crippen LogP contribution < -0.4 is 9.62 Å². The zero-order chi connectivity index (χ0) is 22.5. The van der Waals surface area contributed by atoms with Crippen molar-refractivity contribution in [3.05, 3.63) is 59.2 Å². The smallest absolute Gasteiger partial charge is 0.338 e. The lowest BCUT2D eigenvalue weighted by Gasteiger charge is -2.30. The summed E-state index contributed by atoms with van der Waals surface area (Å²) in [5, 5.41) is 2.80. The molecule has 0 radical (unpaired) electrons. The first-order chi connectivity index (χ1) is 14.1. The number of hydrogen-bond acceptors (Lipinski definition) is 5. The normalized spacial score (nSPS) is 12.2. The molecule has 1 unspecified atom stereocenters. The molecule has 8 heteroatoms. The van der Waals surface area contributed by atoms with Crippen LogP contribution in [0.1, 0.15) is 41.8 Å². The molecule has 0 spiro atoms. The molecule has 1 atom stereocenters. The van der Waals surface area contributed by atoms with Gasteiger partial charge in [0.1, 0.15) is 6.04 Å². The minimum Gasteiger partial charge on any atom is -0.462 e. The van der Waals surface area contributed by atoms with E-state index in [-0.39, 0.29) is 13.0 Å². The van der Waals surface area contributed by atoms with Gasteiger partial charge in [0.2, 0.25) is 15.9 Å². The molecule has 0 saturated heterocycles. The van der Waals surface area contributed by atoms with Gasteiger partial charge in [-0.25, -0.2) is 13.2 Å². The third-order valence-electron chi connectivity index (χ3n) is 4.61. The molecular weight excluding hydrogens is 404 g/mol. The predicted octanol–water partition coefficient (Wildman–Crippen LogP) is 3.66. The van der Waals surface area contributed by atoms with Crippen LogP contribution >= 0.6 is 0 Å². The van der Waals surface area contributed by atoms with E-state index in [0.717, 1.165) is 16.1 Å². The van der Waals surface area contributed by atoms with E-state index in [9.17, 15) is 18.0 Å². The van der Waals surface area contributed by atoms with Crippen molar-refractivity contribution in [2.24, 2.45) is 0 Å². The molecule has 2 aromatic carbocycles. The minimum absolute atomic E-state index is 0.273. The van der Waals surface area contributed by atoms with Gasteiger partial charge in [-0.05, 0) is 63.1 Å². The van der Waals surface area contributed by atoms with Crippen molar-refractivity contribution in [3.8, 4) is 0 Å². The number of ether oxygens (including phenoxy) is 1. The van der Waals surface area contributed by atoms with Crippen molar-refractivity contribution in [2.45, 2.75) is 40.2 Å². The summed E-state index contributed by atoms with van der Waals surface area (Å²) in [7, 11) is -3.70. The molecule has 0 fully saturated rings. The van der Waals surface area contributed by atoms with Gasteiger partial charge in [0.25, 0.3) is 0 Å². The van der Waals surface area contributed by atoms with Crippen molar-refractivity contribution in [3.63, 3.8) is 0 Å². The average Bonchev–Trinajstić information content (AvgIpc) is 2.67. The Hall–Kier alpha value is -2.87. The van der Waals surface area contributed by atoms with Crippen LogP contribution in [0.4, 0.5) is 11.4 Å². The van der Waals surface area contributed by atoms with Crippen LogP contribution in [-0.2, 0) is 19.6 Å². The molecule has 1 amide bonds. The summed E-state index contributed by atoms with van der Waals surface area (Å²) in [5.41, 5.74) is 2.98. The van der Waals surface area contributed by atoms with Crippen LogP contribution in [0, 0.1) is 13.8 Å². The Morgan fingerprint density at radius 1 is 1.07 bits per heavy atom. The molecule has 7 nitrogen and oxygen atoms in total. The van der Waals surface area contributed by atoms with Gasteiger partial charge in [0.15, 0.2) is 0 Å². The van der Waals surface area contributed by atoms with E-state index in [1.54, 1.807) is 63.2 Å². The number of carbonyl (C=O) groups is 2. The van der Waals surface area contributed by atoms with Crippen LogP contribution in [0.15, 0.2) is 42.5 Å². The van der Waals surface area contributed by atoms with Crippen molar-refractivity contribution in [2.75, 3.05) is 22.5 Å². The van der Waals surface area contributed by atoms with Gasteiger partial charge in [0.05, 0.1) is 24.1 Å². The Balaban J connectivity index is 2.32.